The van der Waals surface area contributed by atoms with Gasteiger partial charge in [0.05, 0.1) is 7.11 Å². The van der Waals surface area contributed by atoms with Crippen LogP contribution in [0.2, 0.25) is 0 Å². The van der Waals surface area contributed by atoms with Crippen LogP contribution in [0.1, 0.15) is 5.56 Å². The van der Waals surface area contributed by atoms with Gasteiger partial charge in [0.25, 0.3) is 0 Å². The molecule has 0 aliphatic rings. The van der Waals surface area contributed by atoms with Crippen LogP contribution in [-0.2, 0) is 16.4 Å². The molecule has 2 aromatic rings. The predicted octanol–water partition coefficient (Wildman–Crippen LogP) is 2.49. The van der Waals surface area contributed by atoms with E-state index in [-0.39, 0.29) is 6.54 Å². The lowest BCUT2D eigenvalue weighted by atomic mass is 10.1. The van der Waals surface area contributed by atoms with Gasteiger partial charge in [-0.15, -0.1) is 0 Å². The Kier molecular flexibility index (Phi) is 5.10. The number of ether oxygens (including phenoxy) is 1. The molecule has 0 radical (unpaired) electrons. The van der Waals surface area contributed by atoms with Crippen LogP contribution in [0.15, 0.2) is 47.4 Å². The highest BCUT2D eigenvalue weighted by molar-refractivity contribution is 7.89. The summed E-state index contributed by atoms with van der Waals surface area (Å²) in [5.41, 5.74) is 0.793. The minimum Gasteiger partial charge on any atom is -0.496 e. The highest BCUT2D eigenvalue weighted by Crippen LogP contribution is 2.19. The van der Waals surface area contributed by atoms with Gasteiger partial charge in [-0.1, -0.05) is 24.3 Å². The molecule has 2 aromatic carbocycles. The van der Waals surface area contributed by atoms with Crippen molar-refractivity contribution in [3.05, 3.63) is 59.7 Å². The molecule has 1 N–H and O–H groups in total. The molecule has 0 spiro atoms. The van der Waals surface area contributed by atoms with E-state index in [2.05, 4.69) is 4.72 Å². The third kappa shape index (κ3) is 3.61. The predicted molar refractivity (Wildman–Crippen MR) is 78.2 cm³/mol. The minimum atomic E-state index is -4.25. The van der Waals surface area contributed by atoms with Crippen molar-refractivity contribution in [2.75, 3.05) is 13.7 Å². The van der Waals surface area contributed by atoms with Crippen LogP contribution in [0.3, 0.4) is 0 Å². The fourth-order valence-electron chi connectivity index (χ4n) is 2.04. The molecule has 0 aliphatic carbocycles. The van der Waals surface area contributed by atoms with Crippen LogP contribution in [0, 0.1) is 11.6 Å². The van der Waals surface area contributed by atoms with Crippen molar-refractivity contribution in [1.29, 1.82) is 0 Å². The average Bonchev–Trinajstić information content (AvgIpc) is 2.47. The average molecular weight is 327 g/mol. The third-order valence-corrected chi connectivity index (χ3v) is 4.58. The van der Waals surface area contributed by atoms with Crippen molar-refractivity contribution in [1.82, 2.24) is 4.72 Å². The van der Waals surface area contributed by atoms with Gasteiger partial charge < -0.3 is 4.74 Å². The fourth-order valence-corrected chi connectivity index (χ4v) is 3.21. The van der Waals surface area contributed by atoms with E-state index >= 15 is 0 Å². The largest absolute Gasteiger partial charge is 0.496 e. The number of hydrogen-bond acceptors (Lipinski definition) is 3. The number of para-hydroxylation sites is 1. The van der Waals surface area contributed by atoms with Crippen LogP contribution in [0.25, 0.3) is 0 Å². The third-order valence-electron chi connectivity index (χ3n) is 3.07. The number of rotatable bonds is 6. The molecule has 7 heteroatoms. The van der Waals surface area contributed by atoms with E-state index in [1.807, 2.05) is 0 Å². The monoisotopic (exact) mass is 327 g/mol. The highest BCUT2D eigenvalue weighted by Gasteiger charge is 2.23. The van der Waals surface area contributed by atoms with Crippen LogP contribution in [-0.4, -0.2) is 22.1 Å². The summed E-state index contributed by atoms with van der Waals surface area (Å²) >= 11 is 0. The normalized spacial score (nSPS) is 11.4. The molecule has 0 aliphatic heterocycles. The van der Waals surface area contributed by atoms with E-state index in [1.165, 1.54) is 7.11 Å². The lowest BCUT2D eigenvalue weighted by Crippen LogP contribution is -2.27. The van der Waals surface area contributed by atoms with E-state index < -0.39 is 26.6 Å². The molecular formula is C15H15F2NO3S. The molecule has 0 saturated heterocycles. The molecule has 0 heterocycles. The van der Waals surface area contributed by atoms with E-state index in [4.69, 9.17) is 4.74 Å². The number of sulfonamides is 1. The number of benzene rings is 2. The lowest BCUT2D eigenvalue weighted by molar-refractivity contribution is 0.409. The maximum absolute atomic E-state index is 13.5. The Hall–Kier alpha value is -1.99. The second-order valence-corrected chi connectivity index (χ2v) is 6.21. The van der Waals surface area contributed by atoms with Crippen LogP contribution in [0.5, 0.6) is 5.75 Å². The number of methoxy groups -OCH3 is 1. The van der Waals surface area contributed by atoms with Gasteiger partial charge in [0.1, 0.15) is 17.4 Å². The molecule has 0 saturated carbocycles. The standard InChI is InChI=1S/C15H15F2NO3S/c1-21-14-8-3-2-5-11(14)9-10-18-22(19,20)15-12(16)6-4-7-13(15)17/h2-8,18H,9-10H2,1H3. The van der Waals surface area contributed by atoms with Crippen LogP contribution in [0.4, 0.5) is 8.78 Å². The zero-order valence-electron chi connectivity index (χ0n) is 11.8. The van der Waals surface area contributed by atoms with Crippen molar-refractivity contribution in [2.45, 2.75) is 11.3 Å². The van der Waals surface area contributed by atoms with E-state index in [1.54, 1.807) is 24.3 Å². The Bertz CT molecular complexity index is 743. The van der Waals surface area contributed by atoms with Crippen LogP contribution < -0.4 is 9.46 Å². The number of hydrogen-bond donors (Lipinski definition) is 1. The summed E-state index contributed by atoms with van der Waals surface area (Å²) in [5, 5.41) is 0. The molecule has 0 amide bonds. The molecule has 0 fully saturated rings. The van der Waals surface area contributed by atoms with Gasteiger partial charge in [0.15, 0.2) is 4.90 Å². The zero-order valence-corrected chi connectivity index (χ0v) is 12.7. The van der Waals surface area contributed by atoms with Crippen molar-refractivity contribution in [3.63, 3.8) is 0 Å². The Morgan fingerprint density at radius 1 is 1.05 bits per heavy atom. The minimum absolute atomic E-state index is 0.00349. The second-order valence-electron chi connectivity index (χ2n) is 4.51. The summed E-state index contributed by atoms with van der Waals surface area (Å²) < 4.78 is 58.4. The van der Waals surface area contributed by atoms with Gasteiger partial charge in [-0.05, 0) is 30.2 Å². The summed E-state index contributed by atoms with van der Waals surface area (Å²) in [6, 6.07) is 10.0. The van der Waals surface area contributed by atoms with Gasteiger partial charge >= 0.3 is 0 Å². The maximum atomic E-state index is 13.5. The molecule has 0 aromatic heterocycles. The van der Waals surface area contributed by atoms with Crippen molar-refractivity contribution >= 4 is 10.0 Å². The molecule has 0 atom stereocenters. The fraction of sp³-hybridized carbons (Fsp3) is 0.200. The van der Waals surface area contributed by atoms with Gasteiger partial charge in [0, 0.05) is 6.54 Å². The quantitative estimate of drug-likeness (QED) is 0.887. The summed E-state index contributed by atoms with van der Waals surface area (Å²) in [5.74, 6) is -1.62. The first-order valence-corrected chi connectivity index (χ1v) is 7.99. The zero-order chi connectivity index (χ0) is 16.2. The molecule has 0 bridgehead atoms. The molecule has 0 unspecified atom stereocenters. The molecular weight excluding hydrogens is 312 g/mol. The lowest BCUT2D eigenvalue weighted by Gasteiger charge is -2.10. The number of halogens is 2. The molecule has 2 rings (SSSR count). The summed E-state index contributed by atoms with van der Waals surface area (Å²) in [7, 11) is -2.74. The van der Waals surface area contributed by atoms with Gasteiger partial charge in [0.2, 0.25) is 10.0 Å². The van der Waals surface area contributed by atoms with Gasteiger partial charge in [-0.25, -0.2) is 21.9 Å². The van der Waals surface area contributed by atoms with Crippen molar-refractivity contribution < 1.29 is 21.9 Å². The topological polar surface area (TPSA) is 55.4 Å². The van der Waals surface area contributed by atoms with Crippen LogP contribution >= 0.6 is 0 Å². The summed E-state index contributed by atoms with van der Waals surface area (Å²) in [6.07, 6.45) is 0.333. The Labute approximate surface area is 127 Å². The van der Waals surface area contributed by atoms with E-state index in [9.17, 15) is 17.2 Å². The SMILES string of the molecule is COc1ccccc1CCNS(=O)(=O)c1c(F)cccc1F. The Morgan fingerprint density at radius 2 is 1.68 bits per heavy atom. The Balaban J connectivity index is 2.11. The van der Waals surface area contributed by atoms with E-state index in [0.29, 0.717) is 12.2 Å². The smallest absolute Gasteiger partial charge is 0.246 e. The maximum Gasteiger partial charge on any atom is 0.246 e. The summed E-state index contributed by atoms with van der Waals surface area (Å²) in [6.45, 7) is -0.00349. The van der Waals surface area contributed by atoms with Crippen molar-refractivity contribution in [2.24, 2.45) is 0 Å². The van der Waals surface area contributed by atoms with E-state index in [0.717, 1.165) is 23.8 Å². The summed E-state index contributed by atoms with van der Waals surface area (Å²) in [4.78, 5) is -0.963. The van der Waals surface area contributed by atoms with Gasteiger partial charge in [-0.2, -0.15) is 0 Å². The first kappa shape index (κ1) is 16.4. The van der Waals surface area contributed by atoms with Crippen molar-refractivity contribution in [3.8, 4) is 5.75 Å². The number of nitrogens with one attached hydrogen (secondary N) is 1. The second kappa shape index (κ2) is 6.85. The highest BCUT2D eigenvalue weighted by atomic mass is 32.2. The molecule has 4 nitrogen and oxygen atoms in total. The Morgan fingerprint density at radius 3 is 2.32 bits per heavy atom. The molecule has 22 heavy (non-hydrogen) atoms. The first-order valence-electron chi connectivity index (χ1n) is 6.51. The van der Waals surface area contributed by atoms with Gasteiger partial charge in [-0.3, -0.25) is 0 Å². The molecule has 118 valence electrons. The first-order chi connectivity index (χ1) is 10.5.